The van der Waals surface area contributed by atoms with Crippen LogP contribution in [-0.2, 0) is 6.42 Å². The van der Waals surface area contributed by atoms with Gasteiger partial charge >= 0.3 is 0 Å². The quantitative estimate of drug-likeness (QED) is 0.810. The summed E-state index contributed by atoms with van der Waals surface area (Å²) in [6.07, 6.45) is 0.863. The summed E-state index contributed by atoms with van der Waals surface area (Å²) < 4.78 is 33.3. The van der Waals surface area contributed by atoms with Crippen molar-refractivity contribution in [3.05, 3.63) is 64.7 Å². The molecule has 1 aliphatic rings. The summed E-state index contributed by atoms with van der Waals surface area (Å²) in [6, 6.07) is 9.47. The molecule has 1 atom stereocenters. The molecule has 0 aliphatic carbocycles. The molecule has 0 fully saturated rings. The molecular weight excluding hydrogens is 334 g/mol. The molecule has 0 bridgehead atoms. The zero-order chi connectivity index (χ0) is 18.5. The van der Waals surface area contributed by atoms with Crippen molar-refractivity contribution in [2.24, 2.45) is 0 Å². The number of hydrogen-bond acceptors (Lipinski definition) is 3. The largest absolute Gasteiger partial charge is 0.492 e. The van der Waals surface area contributed by atoms with E-state index in [1.165, 1.54) is 12.1 Å². The van der Waals surface area contributed by atoms with Crippen molar-refractivity contribution in [1.82, 2.24) is 10.2 Å². The van der Waals surface area contributed by atoms with Crippen molar-refractivity contribution < 1.29 is 13.5 Å². The zero-order valence-electron chi connectivity index (χ0n) is 15.4. The summed E-state index contributed by atoms with van der Waals surface area (Å²) in [6.45, 7) is 8.61. The minimum absolute atomic E-state index is 0.260. The summed E-state index contributed by atoms with van der Waals surface area (Å²) in [5.74, 6) is -0.231. The van der Waals surface area contributed by atoms with Crippen LogP contribution in [-0.4, -0.2) is 37.7 Å². The van der Waals surface area contributed by atoms with Crippen LogP contribution in [0.1, 0.15) is 36.6 Å². The van der Waals surface area contributed by atoms with E-state index in [9.17, 15) is 8.78 Å². The fourth-order valence-corrected chi connectivity index (χ4v) is 3.48. The van der Waals surface area contributed by atoms with Crippen LogP contribution >= 0.6 is 0 Å². The van der Waals surface area contributed by atoms with E-state index in [1.54, 1.807) is 0 Å². The predicted octanol–water partition coefficient (Wildman–Crippen LogP) is 3.92. The lowest BCUT2D eigenvalue weighted by atomic mass is 9.89. The maximum atomic E-state index is 14.2. The molecule has 0 saturated heterocycles. The van der Waals surface area contributed by atoms with E-state index >= 15 is 0 Å². The highest BCUT2D eigenvalue weighted by atomic mass is 19.1. The van der Waals surface area contributed by atoms with Crippen LogP contribution in [0.3, 0.4) is 0 Å². The molecule has 1 heterocycles. The van der Waals surface area contributed by atoms with E-state index in [2.05, 4.69) is 24.1 Å². The van der Waals surface area contributed by atoms with Gasteiger partial charge in [-0.3, -0.25) is 0 Å². The Kier molecular flexibility index (Phi) is 6.22. The zero-order valence-corrected chi connectivity index (χ0v) is 15.4. The third-order valence-electron chi connectivity index (χ3n) is 5.01. The summed E-state index contributed by atoms with van der Waals surface area (Å²) in [5, 5.41) is 3.33. The van der Waals surface area contributed by atoms with Crippen LogP contribution in [0.4, 0.5) is 8.78 Å². The highest BCUT2D eigenvalue weighted by Crippen LogP contribution is 2.32. The van der Waals surface area contributed by atoms with Crippen molar-refractivity contribution in [3.8, 4) is 5.75 Å². The summed E-state index contributed by atoms with van der Waals surface area (Å²) in [5.41, 5.74) is 2.65. The molecule has 0 aromatic heterocycles. The molecule has 0 spiro atoms. The topological polar surface area (TPSA) is 24.5 Å². The van der Waals surface area contributed by atoms with Crippen LogP contribution in [0, 0.1) is 11.6 Å². The summed E-state index contributed by atoms with van der Waals surface area (Å²) in [4.78, 5) is 2.32. The first-order chi connectivity index (χ1) is 12.6. The molecular formula is C21H26F2N2O. The lowest BCUT2D eigenvalue weighted by molar-refractivity contribution is 0.222. The number of nitrogens with one attached hydrogen (secondary N) is 1. The van der Waals surface area contributed by atoms with Crippen LogP contribution in [0.25, 0.3) is 0 Å². The maximum Gasteiger partial charge on any atom is 0.131 e. The van der Waals surface area contributed by atoms with Gasteiger partial charge in [0.15, 0.2) is 0 Å². The van der Waals surface area contributed by atoms with E-state index in [-0.39, 0.29) is 6.04 Å². The molecule has 1 N–H and O–H groups in total. The Hall–Kier alpha value is -1.98. The fourth-order valence-electron chi connectivity index (χ4n) is 3.48. The van der Waals surface area contributed by atoms with Crippen molar-refractivity contribution in [1.29, 1.82) is 0 Å². The molecule has 26 heavy (non-hydrogen) atoms. The Morgan fingerprint density at radius 3 is 2.58 bits per heavy atom. The van der Waals surface area contributed by atoms with Gasteiger partial charge in [-0.1, -0.05) is 26.0 Å². The number of fused-ring (bicyclic) bond motifs is 1. The highest BCUT2D eigenvalue weighted by Gasteiger charge is 2.24. The van der Waals surface area contributed by atoms with Gasteiger partial charge in [-0.2, -0.15) is 0 Å². The number of rotatable bonds is 7. The first-order valence-electron chi connectivity index (χ1n) is 9.28. The summed E-state index contributed by atoms with van der Waals surface area (Å²) >= 11 is 0. The molecule has 1 unspecified atom stereocenters. The van der Waals surface area contributed by atoms with Crippen molar-refractivity contribution in [3.63, 3.8) is 0 Å². The molecule has 2 aromatic carbocycles. The molecule has 0 radical (unpaired) electrons. The number of hydrogen-bond donors (Lipinski definition) is 1. The van der Waals surface area contributed by atoms with Gasteiger partial charge < -0.3 is 15.0 Å². The van der Waals surface area contributed by atoms with E-state index in [1.807, 2.05) is 18.2 Å². The van der Waals surface area contributed by atoms with E-state index in [0.29, 0.717) is 12.2 Å². The van der Waals surface area contributed by atoms with Gasteiger partial charge in [0.05, 0.1) is 6.04 Å². The molecule has 5 heteroatoms. The third-order valence-corrected chi connectivity index (χ3v) is 5.01. The van der Waals surface area contributed by atoms with Crippen LogP contribution in [0.2, 0.25) is 0 Å². The predicted molar refractivity (Wildman–Crippen MR) is 99.6 cm³/mol. The van der Waals surface area contributed by atoms with E-state index < -0.39 is 11.6 Å². The Morgan fingerprint density at radius 1 is 1.08 bits per heavy atom. The van der Waals surface area contributed by atoms with Crippen molar-refractivity contribution >= 4 is 0 Å². The van der Waals surface area contributed by atoms with Crippen molar-refractivity contribution in [2.45, 2.75) is 26.3 Å². The lowest BCUT2D eigenvalue weighted by Crippen LogP contribution is -2.31. The van der Waals surface area contributed by atoms with Gasteiger partial charge in [0.1, 0.15) is 24.0 Å². The summed E-state index contributed by atoms with van der Waals surface area (Å²) in [7, 11) is 0. The van der Waals surface area contributed by atoms with E-state index in [4.69, 9.17) is 4.74 Å². The number of nitrogens with zero attached hydrogens (tertiary/aromatic N) is 1. The van der Waals surface area contributed by atoms with E-state index in [0.717, 1.165) is 55.5 Å². The Bertz CT molecular complexity index is 747. The average molecular weight is 360 g/mol. The van der Waals surface area contributed by atoms with Gasteiger partial charge in [-0.05, 0) is 48.8 Å². The minimum Gasteiger partial charge on any atom is -0.492 e. The fraction of sp³-hybridized carbons (Fsp3) is 0.429. The number of ether oxygens (including phenoxy) is 1. The third kappa shape index (κ3) is 4.22. The normalized spacial score (nSPS) is 16.6. The SMILES string of the molecule is CCN(CC)CCOc1ccc2c(c1)CCNC2c1ccc(F)cc1F. The second-order valence-corrected chi connectivity index (χ2v) is 6.54. The van der Waals surface area contributed by atoms with Crippen LogP contribution in [0.15, 0.2) is 36.4 Å². The van der Waals surface area contributed by atoms with Gasteiger partial charge in [0, 0.05) is 24.7 Å². The van der Waals surface area contributed by atoms with Crippen LogP contribution < -0.4 is 10.1 Å². The number of halogens is 2. The molecule has 140 valence electrons. The maximum absolute atomic E-state index is 14.2. The molecule has 0 amide bonds. The molecule has 2 aromatic rings. The smallest absolute Gasteiger partial charge is 0.131 e. The monoisotopic (exact) mass is 360 g/mol. The first-order valence-corrected chi connectivity index (χ1v) is 9.28. The van der Waals surface area contributed by atoms with Crippen LogP contribution in [0.5, 0.6) is 5.75 Å². The Morgan fingerprint density at radius 2 is 1.85 bits per heavy atom. The Balaban J connectivity index is 1.75. The second kappa shape index (κ2) is 8.60. The molecule has 0 saturated carbocycles. The van der Waals surface area contributed by atoms with Gasteiger partial charge in [-0.25, -0.2) is 8.78 Å². The van der Waals surface area contributed by atoms with Gasteiger partial charge in [-0.15, -0.1) is 0 Å². The second-order valence-electron chi connectivity index (χ2n) is 6.54. The number of benzene rings is 2. The minimum atomic E-state index is -0.556. The molecule has 3 rings (SSSR count). The van der Waals surface area contributed by atoms with Crippen molar-refractivity contribution in [2.75, 3.05) is 32.8 Å². The lowest BCUT2D eigenvalue weighted by Gasteiger charge is -2.28. The number of likely N-dealkylation sites (N-methyl/N-ethyl adjacent to an activating group) is 1. The van der Waals surface area contributed by atoms with Gasteiger partial charge in [0.25, 0.3) is 0 Å². The van der Waals surface area contributed by atoms with Gasteiger partial charge in [0.2, 0.25) is 0 Å². The molecule has 1 aliphatic heterocycles. The Labute approximate surface area is 154 Å². The average Bonchev–Trinajstić information content (AvgIpc) is 2.65. The first kappa shape index (κ1) is 18.8. The standard InChI is InChI=1S/C21H26F2N2O/c1-3-25(4-2)11-12-26-17-6-8-18-15(13-17)9-10-24-21(18)19-7-5-16(22)14-20(19)23/h5-8,13-14,21,24H,3-4,9-12H2,1-2H3. The molecule has 3 nitrogen and oxygen atoms in total. The highest BCUT2D eigenvalue weighted by molar-refractivity contribution is 5.44.